The summed E-state index contributed by atoms with van der Waals surface area (Å²) in [4.78, 5) is 44.7. The van der Waals surface area contributed by atoms with Crippen LogP contribution in [0.1, 0.15) is 64.2 Å². The summed E-state index contributed by atoms with van der Waals surface area (Å²) in [6.45, 7) is -0.836. The Bertz CT molecular complexity index is 539. The van der Waals surface area contributed by atoms with E-state index >= 15 is 0 Å². The van der Waals surface area contributed by atoms with Crippen molar-refractivity contribution >= 4 is 23.8 Å². The van der Waals surface area contributed by atoms with Gasteiger partial charge in [-0.05, 0) is 12.8 Å². The fraction of sp³-hybridized carbons (Fsp3) is 0.778. The van der Waals surface area contributed by atoms with Crippen molar-refractivity contribution in [3.8, 4) is 0 Å². The zero-order chi connectivity index (χ0) is 23.2. The molecule has 0 aromatic carbocycles. The number of aliphatic hydroxyl groups is 2. The number of carboxylic acids is 2. The van der Waals surface area contributed by atoms with E-state index in [4.69, 9.17) is 21.7 Å². The molecule has 0 aliphatic heterocycles. The number of carbonyl (C=O) groups excluding carboxylic acids is 2. The molecular weight excluding hydrogens is 400 g/mol. The summed E-state index contributed by atoms with van der Waals surface area (Å²) in [5.41, 5.74) is 5.57. The van der Waals surface area contributed by atoms with E-state index in [0.29, 0.717) is 25.7 Å². The minimum atomic E-state index is -2.32. The Morgan fingerprint density at radius 3 is 1.10 bits per heavy atom. The first-order chi connectivity index (χ1) is 14.0. The molecule has 2 atom stereocenters. The van der Waals surface area contributed by atoms with Crippen LogP contribution >= 0.6 is 0 Å². The molecule has 0 saturated carbocycles. The highest BCUT2D eigenvalue weighted by atomic mass is 16.4. The number of carboxylic acid groups (broad SMARTS) is 2. The smallest absolute Gasteiger partial charge is 0.357 e. The Labute approximate surface area is 175 Å². The Balaban J connectivity index is 3.99. The summed E-state index contributed by atoms with van der Waals surface area (Å²) in [6.07, 6.45) is 5.18. The summed E-state index contributed by atoms with van der Waals surface area (Å²) >= 11 is 0. The molecule has 0 aliphatic rings. The van der Waals surface area contributed by atoms with Crippen LogP contribution in [0.2, 0.25) is 0 Å². The molecule has 0 spiro atoms. The van der Waals surface area contributed by atoms with E-state index in [9.17, 15) is 29.4 Å². The van der Waals surface area contributed by atoms with Crippen molar-refractivity contribution in [1.29, 1.82) is 0 Å². The zero-order valence-corrected chi connectivity index (χ0v) is 17.1. The van der Waals surface area contributed by atoms with E-state index in [-0.39, 0.29) is 12.8 Å². The fourth-order valence-electron chi connectivity index (χ4n) is 2.83. The van der Waals surface area contributed by atoms with Gasteiger partial charge in [0, 0.05) is 12.8 Å². The van der Waals surface area contributed by atoms with E-state index in [1.807, 2.05) is 10.6 Å². The average molecular weight is 434 g/mol. The van der Waals surface area contributed by atoms with Crippen molar-refractivity contribution in [2.75, 3.05) is 13.1 Å². The van der Waals surface area contributed by atoms with Crippen molar-refractivity contribution < 1.29 is 39.6 Å². The highest BCUT2D eigenvalue weighted by Gasteiger charge is 2.37. The van der Waals surface area contributed by atoms with Gasteiger partial charge in [0.15, 0.2) is 0 Å². The molecule has 30 heavy (non-hydrogen) atoms. The van der Waals surface area contributed by atoms with Crippen molar-refractivity contribution in [2.24, 2.45) is 11.5 Å². The SMILES string of the molecule is NCC(=O)NC(O)(CCCCCCCCCCC(O)(NC(=O)CN)C(=O)O)C(=O)O. The molecule has 2 unspecified atom stereocenters. The molecule has 0 aromatic heterocycles. The summed E-state index contributed by atoms with van der Waals surface area (Å²) in [7, 11) is 0. The second-order valence-electron chi connectivity index (χ2n) is 7.16. The van der Waals surface area contributed by atoms with Crippen molar-refractivity contribution in [1.82, 2.24) is 10.6 Å². The van der Waals surface area contributed by atoms with E-state index in [1.54, 1.807) is 0 Å². The van der Waals surface area contributed by atoms with Crippen molar-refractivity contribution in [3.05, 3.63) is 0 Å². The Morgan fingerprint density at radius 1 is 0.600 bits per heavy atom. The van der Waals surface area contributed by atoms with Gasteiger partial charge in [-0.1, -0.05) is 38.5 Å². The van der Waals surface area contributed by atoms with E-state index in [0.717, 1.165) is 25.7 Å². The van der Waals surface area contributed by atoms with Gasteiger partial charge in [0.2, 0.25) is 23.3 Å². The summed E-state index contributed by atoms with van der Waals surface area (Å²) < 4.78 is 0. The third kappa shape index (κ3) is 10.5. The molecule has 0 rings (SSSR count). The summed E-state index contributed by atoms with van der Waals surface area (Å²) in [5, 5.41) is 42.1. The first-order valence-corrected chi connectivity index (χ1v) is 9.94. The largest absolute Gasteiger partial charge is 0.478 e. The predicted octanol–water partition coefficient (Wildman–Crippen LogP) is -1.42. The number of carbonyl (C=O) groups is 4. The number of amides is 2. The fourth-order valence-corrected chi connectivity index (χ4v) is 2.83. The van der Waals surface area contributed by atoms with Crippen molar-refractivity contribution in [2.45, 2.75) is 75.7 Å². The second kappa shape index (κ2) is 13.9. The highest BCUT2D eigenvalue weighted by Crippen LogP contribution is 2.17. The van der Waals surface area contributed by atoms with Gasteiger partial charge in [-0.3, -0.25) is 9.59 Å². The highest BCUT2D eigenvalue weighted by molar-refractivity contribution is 5.86. The number of nitrogens with two attached hydrogens (primary N) is 2. The quantitative estimate of drug-likeness (QED) is 0.0984. The maximum Gasteiger partial charge on any atom is 0.357 e. The average Bonchev–Trinajstić information content (AvgIpc) is 2.68. The normalized spacial score (nSPS) is 14.9. The lowest BCUT2D eigenvalue weighted by atomic mass is 10.0. The Hall–Kier alpha value is -2.28. The van der Waals surface area contributed by atoms with Gasteiger partial charge in [-0.2, -0.15) is 0 Å². The topological polar surface area (TPSA) is 225 Å². The first kappa shape index (κ1) is 27.7. The van der Waals surface area contributed by atoms with Gasteiger partial charge in [-0.25, -0.2) is 9.59 Å². The number of hydrogen-bond acceptors (Lipinski definition) is 8. The van der Waals surface area contributed by atoms with Crippen LogP contribution in [-0.2, 0) is 19.2 Å². The third-order valence-corrected chi connectivity index (χ3v) is 4.60. The zero-order valence-electron chi connectivity index (χ0n) is 17.1. The van der Waals surface area contributed by atoms with Crippen LogP contribution in [0.3, 0.4) is 0 Å². The molecule has 2 amide bonds. The molecule has 12 heteroatoms. The molecule has 0 fully saturated rings. The lowest BCUT2D eigenvalue weighted by Gasteiger charge is -2.24. The molecule has 0 radical (unpaired) electrons. The molecule has 174 valence electrons. The summed E-state index contributed by atoms with van der Waals surface area (Å²) in [6, 6.07) is 0. The standard InChI is InChI=1S/C18H34N4O8/c19-11-13(23)21-17(29,15(25)26)9-7-5-3-1-2-4-6-8-10-18(30,16(27)28)22-14(24)12-20/h29-30H,1-12,19-20H2,(H,21,23)(H,22,24)(H,25,26)(H,27,28). The lowest BCUT2D eigenvalue weighted by molar-refractivity contribution is -0.166. The summed E-state index contributed by atoms with van der Waals surface area (Å²) in [5.74, 6) is -4.57. The number of rotatable bonds is 17. The molecule has 0 saturated heterocycles. The number of nitrogens with one attached hydrogen (secondary N) is 2. The minimum absolute atomic E-state index is 0.129. The van der Waals surface area contributed by atoms with Crippen LogP contribution in [0.4, 0.5) is 0 Å². The maximum absolute atomic E-state index is 11.2. The van der Waals surface area contributed by atoms with Gasteiger partial charge in [0.1, 0.15) is 0 Å². The maximum atomic E-state index is 11.2. The Kier molecular flexibility index (Phi) is 12.8. The number of hydrogen-bond donors (Lipinski definition) is 8. The van der Waals surface area contributed by atoms with Gasteiger partial charge in [0.05, 0.1) is 13.1 Å². The minimum Gasteiger partial charge on any atom is -0.478 e. The molecule has 0 heterocycles. The second-order valence-corrected chi connectivity index (χ2v) is 7.16. The Morgan fingerprint density at radius 2 is 0.867 bits per heavy atom. The number of unbranched alkanes of at least 4 members (excludes halogenated alkanes) is 7. The van der Waals surface area contributed by atoms with Gasteiger partial charge >= 0.3 is 11.9 Å². The van der Waals surface area contributed by atoms with E-state index in [2.05, 4.69) is 0 Å². The molecule has 12 nitrogen and oxygen atoms in total. The van der Waals surface area contributed by atoms with E-state index in [1.165, 1.54) is 0 Å². The van der Waals surface area contributed by atoms with Gasteiger partial charge in [-0.15, -0.1) is 0 Å². The van der Waals surface area contributed by atoms with Crippen LogP contribution in [0, 0.1) is 0 Å². The van der Waals surface area contributed by atoms with Crippen LogP contribution in [0.5, 0.6) is 0 Å². The molecule has 0 aliphatic carbocycles. The molecular formula is C18H34N4O8. The van der Waals surface area contributed by atoms with Crippen LogP contribution in [0.15, 0.2) is 0 Å². The predicted molar refractivity (Wildman–Crippen MR) is 106 cm³/mol. The van der Waals surface area contributed by atoms with Crippen LogP contribution < -0.4 is 22.1 Å². The number of aliphatic carboxylic acids is 2. The van der Waals surface area contributed by atoms with Crippen molar-refractivity contribution in [3.63, 3.8) is 0 Å². The first-order valence-electron chi connectivity index (χ1n) is 9.94. The molecule has 0 aromatic rings. The van der Waals surface area contributed by atoms with Gasteiger partial charge < -0.3 is 42.5 Å². The molecule has 10 N–H and O–H groups in total. The van der Waals surface area contributed by atoms with Crippen LogP contribution in [0.25, 0.3) is 0 Å². The van der Waals surface area contributed by atoms with Crippen LogP contribution in [-0.4, -0.2) is 68.7 Å². The monoisotopic (exact) mass is 434 g/mol. The van der Waals surface area contributed by atoms with Gasteiger partial charge in [0.25, 0.3) is 0 Å². The third-order valence-electron chi connectivity index (χ3n) is 4.60. The lowest BCUT2D eigenvalue weighted by Crippen LogP contribution is -2.56. The molecule has 0 bridgehead atoms. The van der Waals surface area contributed by atoms with E-state index < -0.39 is 48.3 Å².